The number of nitrogens with one attached hydrogen (secondary N) is 2. The number of amides is 1. The summed E-state index contributed by atoms with van der Waals surface area (Å²) in [5, 5.41) is 6.27. The van der Waals surface area contributed by atoms with Gasteiger partial charge in [-0.2, -0.15) is 0 Å². The predicted octanol–water partition coefficient (Wildman–Crippen LogP) is 2.07. The summed E-state index contributed by atoms with van der Waals surface area (Å²) >= 11 is 6.02. The number of pyridine rings is 1. The van der Waals surface area contributed by atoms with Crippen LogP contribution in [0.3, 0.4) is 0 Å². The van der Waals surface area contributed by atoms with Crippen LogP contribution >= 0.6 is 11.6 Å². The summed E-state index contributed by atoms with van der Waals surface area (Å²) in [7, 11) is 3.41. The first-order valence-corrected chi connectivity index (χ1v) is 6.70. The number of hydrogen-bond donors (Lipinski definition) is 2. The molecule has 0 radical (unpaired) electrons. The summed E-state index contributed by atoms with van der Waals surface area (Å²) in [5.74, 6) is 0.403. The average molecular weight is 284 g/mol. The van der Waals surface area contributed by atoms with Gasteiger partial charge in [-0.15, -0.1) is 0 Å². The Labute approximate surface area is 117 Å². The molecule has 2 atom stereocenters. The Morgan fingerprint density at radius 1 is 1.53 bits per heavy atom. The molecule has 104 valence electrons. The lowest BCUT2D eigenvalue weighted by atomic mass is 10.2. The second-order valence-corrected chi connectivity index (χ2v) is 5.00. The van der Waals surface area contributed by atoms with E-state index in [9.17, 15) is 4.79 Å². The lowest BCUT2D eigenvalue weighted by molar-refractivity contribution is 0.0722. The molecule has 1 amide bonds. The molecule has 1 fully saturated rings. The molecule has 1 saturated carbocycles. The van der Waals surface area contributed by atoms with Crippen molar-refractivity contribution in [1.29, 1.82) is 0 Å². The summed E-state index contributed by atoms with van der Waals surface area (Å²) in [4.78, 5) is 16.2. The van der Waals surface area contributed by atoms with Crippen molar-refractivity contribution in [3.63, 3.8) is 0 Å². The molecule has 2 unspecified atom stereocenters. The van der Waals surface area contributed by atoms with Crippen molar-refractivity contribution in [2.75, 3.05) is 19.5 Å². The maximum absolute atomic E-state index is 12.1. The Morgan fingerprint density at radius 3 is 2.95 bits per heavy atom. The number of nitrogens with zero attached hydrogens (tertiary/aromatic N) is 1. The van der Waals surface area contributed by atoms with Crippen molar-refractivity contribution in [1.82, 2.24) is 10.3 Å². The van der Waals surface area contributed by atoms with Gasteiger partial charge in [0.1, 0.15) is 5.82 Å². The van der Waals surface area contributed by atoms with Crippen LogP contribution < -0.4 is 10.6 Å². The van der Waals surface area contributed by atoms with Crippen molar-refractivity contribution in [3.05, 3.63) is 22.8 Å². The lowest BCUT2D eigenvalue weighted by Gasteiger charge is -2.19. The highest BCUT2D eigenvalue weighted by atomic mass is 35.5. The molecule has 5 nitrogen and oxygen atoms in total. The molecular formula is C13H18ClN3O2. The molecule has 1 aliphatic carbocycles. The first-order valence-electron chi connectivity index (χ1n) is 6.32. The van der Waals surface area contributed by atoms with Gasteiger partial charge in [-0.3, -0.25) is 4.79 Å². The van der Waals surface area contributed by atoms with Crippen LogP contribution in [-0.2, 0) is 4.74 Å². The van der Waals surface area contributed by atoms with Crippen LogP contribution in [0.15, 0.2) is 12.3 Å². The lowest BCUT2D eigenvalue weighted by Crippen LogP contribution is -2.40. The number of rotatable bonds is 4. The van der Waals surface area contributed by atoms with Crippen LogP contribution in [0.4, 0.5) is 5.82 Å². The van der Waals surface area contributed by atoms with Crippen LogP contribution in [0.2, 0.25) is 5.02 Å². The van der Waals surface area contributed by atoms with E-state index in [4.69, 9.17) is 16.3 Å². The molecule has 1 aliphatic rings. The average Bonchev–Trinajstić information content (AvgIpc) is 2.85. The Balaban J connectivity index is 2.05. The zero-order valence-corrected chi connectivity index (χ0v) is 11.8. The molecule has 1 aromatic rings. The fraction of sp³-hybridized carbons (Fsp3) is 0.538. The summed E-state index contributed by atoms with van der Waals surface area (Å²) in [6.45, 7) is 0. The molecule has 1 aromatic heterocycles. The van der Waals surface area contributed by atoms with Crippen LogP contribution in [0, 0.1) is 0 Å². The van der Waals surface area contributed by atoms with E-state index in [1.54, 1.807) is 20.2 Å². The van der Waals surface area contributed by atoms with E-state index in [0.717, 1.165) is 19.3 Å². The number of anilines is 1. The van der Waals surface area contributed by atoms with Gasteiger partial charge in [0, 0.05) is 20.4 Å². The molecule has 1 heterocycles. The van der Waals surface area contributed by atoms with E-state index >= 15 is 0 Å². The fourth-order valence-corrected chi connectivity index (χ4v) is 2.63. The van der Waals surface area contributed by atoms with Crippen molar-refractivity contribution in [3.8, 4) is 0 Å². The van der Waals surface area contributed by atoms with Gasteiger partial charge in [-0.1, -0.05) is 11.6 Å². The van der Waals surface area contributed by atoms with Crippen molar-refractivity contribution in [2.24, 2.45) is 0 Å². The molecule has 0 aliphatic heterocycles. The zero-order chi connectivity index (χ0) is 13.8. The Hall–Kier alpha value is -1.33. The number of ether oxygens (including phenoxy) is 1. The number of carbonyl (C=O) groups is 1. The standard InChI is InChI=1S/C13H18ClN3O2/c1-15-12-9(14)6-8(7-16-12)13(18)17-10-4-3-5-11(10)19-2/h6-7,10-11H,3-5H2,1-2H3,(H,15,16)(H,17,18). The number of hydrogen-bond acceptors (Lipinski definition) is 4. The molecule has 0 bridgehead atoms. The number of aromatic nitrogens is 1. The quantitative estimate of drug-likeness (QED) is 0.888. The second-order valence-electron chi connectivity index (χ2n) is 4.59. The van der Waals surface area contributed by atoms with Crippen molar-refractivity contribution < 1.29 is 9.53 Å². The fourth-order valence-electron chi connectivity index (χ4n) is 2.37. The van der Waals surface area contributed by atoms with E-state index in [0.29, 0.717) is 16.4 Å². The van der Waals surface area contributed by atoms with Gasteiger partial charge in [0.25, 0.3) is 5.91 Å². The first kappa shape index (κ1) is 14.1. The Kier molecular flexibility index (Phi) is 4.61. The third-order valence-corrected chi connectivity index (χ3v) is 3.70. The molecule has 6 heteroatoms. The van der Waals surface area contributed by atoms with Gasteiger partial charge in [0.15, 0.2) is 0 Å². The molecule has 0 aromatic carbocycles. The van der Waals surface area contributed by atoms with Crippen molar-refractivity contribution in [2.45, 2.75) is 31.4 Å². The van der Waals surface area contributed by atoms with Crippen molar-refractivity contribution >= 4 is 23.3 Å². The van der Waals surface area contributed by atoms with Gasteiger partial charge in [0.2, 0.25) is 0 Å². The van der Waals surface area contributed by atoms with E-state index in [2.05, 4.69) is 15.6 Å². The second kappa shape index (κ2) is 6.21. The van der Waals surface area contributed by atoms with E-state index in [1.165, 1.54) is 6.20 Å². The van der Waals surface area contributed by atoms with Crippen LogP contribution in [0.5, 0.6) is 0 Å². The highest BCUT2D eigenvalue weighted by Crippen LogP contribution is 2.23. The maximum Gasteiger partial charge on any atom is 0.253 e. The van der Waals surface area contributed by atoms with Crippen LogP contribution in [0.25, 0.3) is 0 Å². The summed E-state index contributed by atoms with van der Waals surface area (Å²) in [6.07, 6.45) is 4.62. The first-order chi connectivity index (χ1) is 9.15. The molecule has 2 rings (SSSR count). The number of methoxy groups -OCH3 is 1. The van der Waals surface area contributed by atoms with Crippen LogP contribution in [0.1, 0.15) is 29.6 Å². The minimum Gasteiger partial charge on any atom is -0.379 e. The summed E-state index contributed by atoms with van der Waals surface area (Å²) < 4.78 is 5.35. The Morgan fingerprint density at radius 2 is 2.32 bits per heavy atom. The zero-order valence-electron chi connectivity index (χ0n) is 11.1. The minimum atomic E-state index is -0.161. The van der Waals surface area contributed by atoms with Gasteiger partial charge in [0.05, 0.1) is 22.7 Å². The molecule has 19 heavy (non-hydrogen) atoms. The van der Waals surface area contributed by atoms with E-state index in [1.807, 2.05) is 0 Å². The van der Waals surface area contributed by atoms with Gasteiger partial charge >= 0.3 is 0 Å². The van der Waals surface area contributed by atoms with E-state index < -0.39 is 0 Å². The summed E-state index contributed by atoms with van der Waals surface area (Å²) in [6, 6.07) is 1.69. The number of carbonyl (C=O) groups excluding carboxylic acids is 1. The van der Waals surface area contributed by atoms with Gasteiger partial charge in [-0.05, 0) is 25.3 Å². The van der Waals surface area contributed by atoms with Gasteiger partial charge in [-0.25, -0.2) is 4.98 Å². The van der Waals surface area contributed by atoms with E-state index in [-0.39, 0.29) is 18.1 Å². The smallest absolute Gasteiger partial charge is 0.253 e. The highest BCUT2D eigenvalue weighted by Gasteiger charge is 2.28. The predicted molar refractivity (Wildman–Crippen MR) is 74.7 cm³/mol. The monoisotopic (exact) mass is 283 g/mol. The summed E-state index contributed by atoms with van der Waals surface area (Å²) in [5.41, 5.74) is 0.464. The molecule has 0 saturated heterocycles. The SMILES string of the molecule is CNc1ncc(C(=O)NC2CCCC2OC)cc1Cl. The number of halogens is 1. The minimum absolute atomic E-state index is 0.0697. The third kappa shape index (κ3) is 3.16. The third-order valence-electron chi connectivity index (χ3n) is 3.41. The molecular weight excluding hydrogens is 266 g/mol. The molecule has 0 spiro atoms. The van der Waals surface area contributed by atoms with Gasteiger partial charge < -0.3 is 15.4 Å². The molecule has 2 N–H and O–H groups in total. The highest BCUT2D eigenvalue weighted by molar-refractivity contribution is 6.33. The normalized spacial score (nSPS) is 22.3. The largest absolute Gasteiger partial charge is 0.379 e. The Bertz CT molecular complexity index is 467. The topological polar surface area (TPSA) is 63.2 Å². The maximum atomic E-state index is 12.1. The van der Waals surface area contributed by atoms with Crippen LogP contribution in [-0.4, -0.2) is 37.2 Å².